The lowest BCUT2D eigenvalue weighted by Gasteiger charge is -2.30. The third kappa shape index (κ3) is 3.43. The van der Waals surface area contributed by atoms with E-state index in [0.717, 1.165) is 36.4 Å². The van der Waals surface area contributed by atoms with Crippen LogP contribution in [0.1, 0.15) is 39.5 Å². The van der Waals surface area contributed by atoms with E-state index in [-0.39, 0.29) is 5.41 Å². The Morgan fingerprint density at radius 3 is 2.79 bits per heavy atom. The minimum Gasteiger partial charge on any atom is -0.398 e. The van der Waals surface area contributed by atoms with Crippen molar-refractivity contribution < 1.29 is 8.98 Å². The number of para-hydroxylation sites is 2. The predicted molar refractivity (Wildman–Crippen MR) is 100 cm³/mol. The molecule has 2 heteroatoms. The average Bonchev–Trinajstić information content (AvgIpc) is 2.88. The van der Waals surface area contributed by atoms with Gasteiger partial charge in [-0.25, -0.2) is 0 Å². The number of allylic oxidation sites excluding steroid dienone is 6. The van der Waals surface area contributed by atoms with Crippen LogP contribution in [0, 0.1) is 5.41 Å². The molecule has 0 saturated carbocycles. The van der Waals surface area contributed by atoms with Gasteiger partial charge in [0.1, 0.15) is 6.54 Å². The van der Waals surface area contributed by atoms with E-state index in [0.29, 0.717) is 0 Å². The molecule has 0 saturated heterocycles. The van der Waals surface area contributed by atoms with Gasteiger partial charge in [0, 0.05) is 6.07 Å². The highest BCUT2D eigenvalue weighted by molar-refractivity contribution is 5.70. The van der Waals surface area contributed by atoms with Crippen molar-refractivity contribution in [2.24, 2.45) is 5.41 Å². The summed E-state index contributed by atoms with van der Waals surface area (Å²) < 4.78 is 8.33. The Morgan fingerprint density at radius 1 is 1.25 bits per heavy atom. The number of aromatic nitrogens is 1. The number of oxazole rings is 1. The van der Waals surface area contributed by atoms with Crippen LogP contribution < -0.4 is 4.57 Å². The molecule has 0 spiro atoms. The van der Waals surface area contributed by atoms with Crippen LogP contribution in [0.25, 0.3) is 17.2 Å². The largest absolute Gasteiger partial charge is 0.398 e. The zero-order valence-corrected chi connectivity index (χ0v) is 14.9. The molecular weight excluding hydrogens is 294 g/mol. The van der Waals surface area contributed by atoms with Crippen molar-refractivity contribution >= 4 is 17.2 Å². The minimum absolute atomic E-state index is 0.254. The SMILES string of the molecule is C=C/C=C/C1=CC(=C/c2oc3ccccc3[n+]2CC)/CC(C)(C)C1. The van der Waals surface area contributed by atoms with Crippen molar-refractivity contribution in [3.8, 4) is 0 Å². The zero-order chi connectivity index (χ0) is 17.2. The van der Waals surface area contributed by atoms with E-state index in [2.05, 4.69) is 62.3 Å². The van der Waals surface area contributed by atoms with Crippen molar-refractivity contribution in [3.05, 3.63) is 72.2 Å². The Bertz CT molecular complexity index is 846. The molecule has 3 rings (SSSR count). The smallest absolute Gasteiger partial charge is 0.374 e. The number of hydrogen-bond acceptors (Lipinski definition) is 1. The topological polar surface area (TPSA) is 17.0 Å². The van der Waals surface area contributed by atoms with E-state index in [1.54, 1.807) is 0 Å². The third-order valence-corrected chi connectivity index (χ3v) is 4.44. The summed E-state index contributed by atoms with van der Waals surface area (Å²) in [5.74, 6) is 0.926. The number of fused-ring (bicyclic) bond motifs is 1. The molecular formula is C22H26NO+. The van der Waals surface area contributed by atoms with E-state index in [9.17, 15) is 0 Å². The minimum atomic E-state index is 0.254. The second-order valence-electron chi connectivity index (χ2n) is 7.20. The summed E-state index contributed by atoms with van der Waals surface area (Å²) >= 11 is 0. The van der Waals surface area contributed by atoms with Crippen LogP contribution in [0.3, 0.4) is 0 Å². The first-order chi connectivity index (χ1) is 11.5. The van der Waals surface area contributed by atoms with Crippen LogP contribution in [0.15, 0.2) is 70.7 Å². The van der Waals surface area contributed by atoms with Crippen molar-refractivity contribution in [3.63, 3.8) is 0 Å². The number of aryl methyl sites for hydroxylation is 1. The van der Waals surface area contributed by atoms with Crippen molar-refractivity contribution in [2.45, 2.75) is 40.2 Å². The molecule has 2 nitrogen and oxygen atoms in total. The molecule has 1 aromatic heterocycles. The van der Waals surface area contributed by atoms with Gasteiger partial charge in [-0.3, -0.25) is 0 Å². The summed E-state index contributed by atoms with van der Waals surface area (Å²) in [5.41, 5.74) is 5.01. The highest BCUT2D eigenvalue weighted by atomic mass is 16.3. The summed E-state index contributed by atoms with van der Waals surface area (Å²) in [6, 6.07) is 8.22. The molecule has 0 bridgehead atoms. The number of benzene rings is 1. The molecule has 1 heterocycles. The summed E-state index contributed by atoms with van der Waals surface area (Å²) in [5, 5.41) is 0. The molecule has 2 aromatic rings. The van der Waals surface area contributed by atoms with E-state index >= 15 is 0 Å². The summed E-state index contributed by atoms with van der Waals surface area (Å²) in [6.45, 7) is 11.5. The average molecular weight is 320 g/mol. The molecule has 0 N–H and O–H groups in total. The highest BCUT2D eigenvalue weighted by Gasteiger charge is 2.26. The van der Waals surface area contributed by atoms with Crippen molar-refractivity contribution in [2.75, 3.05) is 0 Å². The molecule has 0 fully saturated rings. The number of nitrogens with zero attached hydrogens (tertiary/aromatic N) is 1. The first kappa shape index (κ1) is 16.5. The number of hydrogen-bond donors (Lipinski definition) is 0. The Balaban J connectivity index is 2.06. The summed E-state index contributed by atoms with van der Waals surface area (Å²) in [4.78, 5) is 0. The summed E-state index contributed by atoms with van der Waals surface area (Å²) in [6.07, 6.45) is 12.6. The fraction of sp³-hybridized carbons (Fsp3) is 0.318. The molecule has 0 radical (unpaired) electrons. The maximum absolute atomic E-state index is 6.10. The predicted octanol–water partition coefficient (Wildman–Crippen LogP) is 5.61. The molecule has 1 aromatic carbocycles. The molecule has 0 atom stereocenters. The summed E-state index contributed by atoms with van der Waals surface area (Å²) in [7, 11) is 0. The molecule has 124 valence electrons. The maximum Gasteiger partial charge on any atom is 0.374 e. The standard InChI is InChI=1S/C22H26NO/c1-5-7-10-17-13-18(16-22(3,4)15-17)14-21-23(6-2)19-11-8-9-12-20(19)24-21/h5,7-14H,1,6,15-16H2,2-4H3/q+1/b10-7+,18-14-. The first-order valence-electron chi connectivity index (χ1n) is 8.64. The maximum atomic E-state index is 6.10. The van der Waals surface area contributed by atoms with Crippen LogP contribution in [0.4, 0.5) is 0 Å². The fourth-order valence-corrected chi connectivity index (χ4v) is 3.54. The van der Waals surface area contributed by atoms with E-state index in [1.165, 1.54) is 11.1 Å². The zero-order valence-electron chi connectivity index (χ0n) is 14.9. The monoisotopic (exact) mass is 320 g/mol. The van der Waals surface area contributed by atoms with Gasteiger partial charge in [0.2, 0.25) is 5.58 Å². The van der Waals surface area contributed by atoms with Gasteiger partial charge >= 0.3 is 5.89 Å². The molecule has 1 aliphatic carbocycles. The van der Waals surface area contributed by atoms with Crippen LogP contribution in [0.5, 0.6) is 0 Å². The van der Waals surface area contributed by atoms with E-state index in [1.807, 2.05) is 24.3 Å². The Hall–Kier alpha value is -2.35. The fourth-order valence-electron chi connectivity index (χ4n) is 3.54. The number of rotatable bonds is 4. The van der Waals surface area contributed by atoms with E-state index in [4.69, 9.17) is 4.42 Å². The third-order valence-electron chi connectivity index (χ3n) is 4.44. The second-order valence-corrected chi connectivity index (χ2v) is 7.20. The van der Waals surface area contributed by atoms with Gasteiger partial charge in [-0.2, -0.15) is 4.57 Å². The van der Waals surface area contributed by atoms with Gasteiger partial charge in [-0.05, 0) is 42.4 Å². The van der Waals surface area contributed by atoms with Crippen LogP contribution >= 0.6 is 0 Å². The van der Waals surface area contributed by atoms with Gasteiger partial charge in [-0.15, -0.1) is 0 Å². The van der Waals surface area contributed by atoms with Gasteiger partial charge < -0.3 is 4.42 Å². The van der Waals surface area contributed by atoms with Crippen molar-refractivity contribution in [1.82, 2.24) is 0 Å². The molecule has 24 heavy (non-hydrogen) atoms. The normalized spacial score (nSPS) is 19.1. The lowest BCUT2D eigenvalue weighted by atomic mass is 9.75. The molecule has 0 aliphatic heterocycles. The lowest BCUT2D eigenvalue weighted by molar-refractivity contribution is -0.674. The quantitative estimate of drug-likeness (QED) is 0.528. The Morgan fingerprint density at radius 2 is 2.04 bits per heavy atom. The highest BCUT2D eigenvalue weighted by Crippen LogP contribution is 2.39. The van der Waals surface area contributed by atoms with Crippen LogP contribution in [-0.4, -0.2) is 0 Å². The van der Waals surface area contributed by atoms with E-state index < -0.39 is 0 Å². The second kappa shape index (κ2) is 6.64. The lowest BCUT2D eigenvalue weighted by Crippen LogP contribution is -2.33. The Kier molecular flexibility index (Phi) is 4.57. The van der Waals surface area contributed by atoms with Gasteiger partial charge in [-0.1, -0.05) is 56.9 Å². The molecule has 0 amide bonds. The molecule has 0 unspecified atom stereocenters. The molecule has 1 aliphatic rings. The Labute approximate surface area is 144 Å². The van der Waals surface area contributed by atoms with Crippen LogP contribution in [-0.2, 0) is 6.54 Å². The first-order valence-corrected chi connectivity index (χ1v) is 8.64. The van der Waals surface area contributed by atoms with Crippen LogP contribution in [0.2, 0.25) is 0 Å². The van der Waals surface area contributed by atoms with Gasteiger partial charge in [0.25, 0.3) is 5.52 Å². The van der Waals surface area contributed by atoms with Gasteiger partial charge in [0.15, 0.2) is 0 Å². The van der Waals surface area contributed by atoms with Gasteiger partial charge in [0.05, 0.1) is 6.08 Å². The van der Waals surface area contributed by atoms with Crippen molar-refractivity contribution in [1.29, 1.82) is 0 Å².